The first-order valence-corrected chi connectivity index (χ1v) is 9.33. The lowest BCUT2D eigenvalue weighted by molar-refractivity contribution is -0.182. The molecule has 4 nitrogen and oxygen atoms in total. The van der Waals surface area contributed by atoms with Gasteiger partial charge in [0, 0.05) is 5.92 Å². The number of hydrogen-bond donors (Lipinski definition) is 1. The molecular formula is C20H39FO4. The molecule has 0 aromatic heterocycles. The molecule has 0 aliphatic rings. The van der Waals surface area contributed by atoms with Crippen LogP contribution in [-0.2, 0) is 14.3 Å². The van der Waals surface area contributed by atoms with E-state index in [4.69, 9.17) is 9.47 Å². The first-order chi connectivity index (χ1) is 11.2. The van der Waals surface area contributed by atoms with Crippen molar-refractivity contribution in [1.82, 2.24) is 0 Å². The second-order valence-electron chi connectivity index (χ2n) is 9.06. The van der Waals surface area contributed by atoms with E-state index in [2.05, 4.69) is 0 Å². The predicted octanol–water partition coefficient (Wildman–Crippen LogP) is 4.53. The maximum Gasteiger partial charge on any atom is 0.314 e. The fraction of sp³-hybridized carbons (Fsp3) is 0.950. The Labute approximate surface area is 153 Å². The quantitative estimate of drug-likeness (QED) is 0.549. The van der Waals surface area contributed by atoms with E-state index < -0.39 is 29.3 Å². The van der Waals surface area contributed by atoms with Crippen molar-refractivity contribution in [3.63, 3.8) is 0 Å². The summed E-state index contributed by atoms with van der Waals surface area (Å²) in [6, 6.07) is 0. The predicted molar refractivity (Wildman–Crippen MR) is 99.2 cm³/mol. The molecule has 25 heavy (non-hydrogen) atoms. The van der Waals surface area contributed by atoms with Crippen LogP contribution < -0.4 is 0 Å². The van der Waals surface area contributed by atoms with Crippen LogP contribution in [0.2, 0.25) is 0 Å². The SMILES string of the molecule is CCC(OC(C)(C)C(C)COC(=O)C(C)(CF)CC(C)C)C(C)(C)O. The molecule has 0 spiro atoms. The molecule has 0 fully saturated rings. The van der Waals surface area contributed by atoms with Gasteiger partial charge in [-0.15, -0.1) is 0 Å². The van der Waals surface area contributed by atoms with Gasteiger partial charge >= 0.3 is 5.97 Å². The molecule has 0 aliphatic heterocycles. The van der Waals surface area contributed by atoms with Gasteiger partial charge in [-0.25, -0.2) is 4.39 Å². The standard InChI is InChI=1S/C20H39FO4/c1-10-16(18(5,6)23)25-19(7,8)15(4)12-24-17(22)20(9,13-21)11-14(2)3/h14-16,23H,10-13H2,1-9H3. The van der Waals surface area contributed by atoms with Gasteiger partial charge in [0.15, 0.2) is 0 Å². The summed E-state index contributed by atoms with van der Waals surface area (Å²) in [7, 11) is 0. The number of rotatable bonds is 11. The second kappa shape index (κ2) is 9.31. The second-order valence-corrected chi connectivity index (χ2v) is 9.06. The number of hydrogen-bond acceptors (Lipinski definition) is 4. The van der Waals surface area contributed by atoms with Crippen molar-refractivity contribution in [2.75, 3.05) is 13.3 Å². The average molecular weight is 363 g/mol. The highest BCUT2D eigenvalue weighted by atomic mass is 19.1. The zero-order valence-corrected chi connectivity index (χ0v) is 17.6. The Balaban J connectivity index is 4.86. The Morgan fingerprint density at radius 1 is 1.12 bits per heavy atom. The van der Waals surface area contributed by atoms with Crippen LogP contribution in [0.3, 0.4) is 0 Å². The summed E-state index contributed by atoms with van der Waals surface area (Å²) >= 11 is 0. The lowest BCUT2D eigenvalue weighted by Gasteiger charge is -2.40. The molecule has 0 saturated carbocycles. The zero-order chi connectivity index (χ0) is 20.1. The molecule has 150 valence electrons. The van der Waals surface area contributed by atoms with Crippen LogP contribution in [0.25, 0.3) is 0 Å². The summed E-state index contributed by atoms with van der Waals surface area (Å²) < 4.78 is 24.9. The Morgan fingerprint density at radius 2 is 1.64 bits per heavy atom. The number of halogens is 1. The van der Waals surface area contributed by atoms with Gasteiger partial charge in [0.25, 0.3) is 0 Å². The largest absolute Gasteiger partial charge is 0.465 e. The molecule has 0 rings (SSSR count). The van der Waals surface area contributed by atoms with Gasteiger partial charge in [-0.1, -0.05) is 27.7 Å². The van der Waals surface area contributed by atoms with Crippen LogP contribution in [0.1, 0.15) is 75.2 Å². The van der Waals surface area contributed by atoms with Gasteiger partial charge in [-0.2, -0.15) is 0 Å². The summed E-state index contributed by atoms with van der Waals surface area (Å²) in [5, 5.41) is 10.2. The first-order valence-electron chi connectivity index (χ1n) is 9.33. The minimum Gasteiger partial charge on any atom is -0.465 e. The summed E-state index contributed by atoms with van der Waals surface area (Å²) in [5.41, 5.74) is -2.64. The van der Waals surface area contributed by atoms with Crippen molar-refractivity contribution in [1.29, 1.82) is 0 Å². The molecule has 3 unspecified atom stereocenters. The molecular weight excluding hydrogens is 323 g/mol. The summed E-state index contributed by atoms with van der Waals surface area (Å²) in [4.78, 5) is 12.4. The molecule has 0 saturated heterocycles. The Kier molecular flexibility index (Phi) is 9.06. The number of ether oxygens (including phenoxy) is 2. The molecule has 0 aromatic carbocycles. The van der Waals surface area contributed by atoms with Gasteiger partial charge < -0.3 is 14.6 Å². The highest BCUT2D eigenvalue weighted by Gasteiger charge is 2.39. The van der Waals surface area contributed by atoms with Crippen molar-refractivity contribution < 1.29 is 23.8 Å². The maximum atomic E-state index is 13.4. The smallest absolute Gasteiger partial charge is 0.314 e. The fourth-order valence-electron chi connectivity index (χ4n) is 2.88. The molecule has 5 heteroatoms. The molecule has 0 amide bonds. The number of aliphatic hydroxyl groups is 1. The lowest BCUT2D eigenvalue weighted by atomic mass is 9.83. The topological polar surface area (TPSA) is 55.8 Å². The Hall–Kier alpha value is -0.680. The van der Waals surface area contributed by atoms with Crippen LogP contribution >= 0.6 is 0 Å². The molecule has 0 bridgehead atoms. The van der Waals surface area contributed by atoms with Crippen LogP contribution in [0.5, 0.6) is 0 Å². The minimum atomic E-state index is -1.10. The maximum absolute atomic E-state index is 13.4. The normalized spacial score (nSPS) is 17.9. The van der Waals surface area contributed by atoms with Crippen LogP contribution in [0.4, 0.5) is 4.39 Å². The van der Waals surface area contributed by atoms with Gasteiger partial charge in [-0.3, -0.25) is 4.79 Å². The molecule has 1 N–H and O–H groups in total. The monoisotopic (exact) mass is 362 g/mol. The van der Waals surface area contributed by atoms with Crippen LogP contribution in [-0.4, -0.2) is 41.7 Å². The van der Waals surface area contributed by atoms with Crippen molar-refractivity contribution >= 4 is 5.97 Å². The van der Waals surface area contributed by atoms with Gasteiger partial charge in [0.1, 0.15) is 6.67 Å². The number of carbonyl (C=O) groups is 1. The number of esters is 1. The van der Waals surface area contributed by atoms with E-state index in [9.17, 15) is 14.3 Å². The van der Waals surface area contributed by atoms with E-state index in [1.54, 1.807) is 20.8 Å². The molecule has 3 atom stereocenters. The highest BCUT2D eigenvalue weighted by Crippen LogP contribution is 2.31. The fourth-order valence-corrected chi connectivity index (χ4v) is 2.88. The van der Waals surface area contributed by atoms with Gasteiger partial charge in [-0.05, 0) is 53.4 Å². The Morgan fingerprint density at radius 3 is 2.00 bits per heavy atom. The molecule has 0 aliphatic carbocycles. The van der Waals surface area contributed by atoms with Crippen molar-refractivity contribution in [2.24, 2.45) is 17.3 Å². The van der Waals surface area contributed by atoms with Crippen LogP contribution in [0.15, 0.2) is 0 Å². The van der Waals surface area contributed by atoms with E-state index in [-0.39, 0.29) is 24.5 Å². The number of alkyl halides is 1. The van der Waals surface area contributed by atoms with Crippen molar-refractivity contribution in [3.8, 4) is 0 Å². The third-order valence-corrected chi connectivity index (χ3v) is 4.90. The van der Waals surface area contributed by atoms with E-state index >= 15 is 0 Å². The summed E-state index contributed by atoms with van der Waals surface area (Å²) in [6.07, 6.45) is 0.804. The minimum absolute atomic E-state index is 0.101. The van der Waals surface area contributed by atoms with Gasteiger partial charge in [0.2, 0.25) is 0 Å². The summed E-state index contributed by atoms with van der Waals surface area (Å²) in [5.74, 6) is -0.390. The first kappa shape index (κ1) is 24.3. The molecule has 0 radical (unpaired) electrons. The highest BCUT2D eigenvalue weighted by molar-refractivity contribution is 5.76. The third kappa shape index (κ3) is 7.61. The van der Waals surface area contributed by atoms with Crippen LogP contribution in [0, 0.1) is 17.3 Å². The van der Waals surface area contributed by atoms with E-state index in [1.165, 1.54) is 0 Å². The van der Waals surface area contributed by atoms with Gasteiger partial charge in [0.05, 0.1) is 29.3 Å². The zero-order valence-electron chi connectivity index (χ0n) is 17.6. The average Bonchev–Trinajstić information content (AvgIpc) is 2.47. The van der Waals surface area contributed by atoms with Crippen molar-refractivity contribution in [3.05, 3.63) is 0 Å². The van der Waals surface area contributed by atoms with E-state index in [0.717, 1.165) is 0 Å². The van der Waals surface area contributed by atoms with E-state index in [0.29, 0.717) is 12.8 Å². The number of carbonyl (C=O) groups excluding carboxylic acids is 1. The summed E-state index contributed by atoms with van der Waals surface area (Å²) in [6.45, 7) is 16.1. The molecule has 0 aromatic rings. The third-order valence-electron chi connectivity index (χ3n) is 4.90. The van der Waals surface area contributed by atoms with E-state index in [1.807, 2.05) is 41.5 Å². The Bertz CT molecular complexity index is 414. The van der Waals surface area contributed by atoms with Crippen molar-refractivity contribution in [2.45, 2.75) is 92.5 Å². The molecule has 0 heterocycles. The lowest BCUT2D eigenvalue weighted by Crippen LogP contribution is -2.47.